The molecule has 1 atom stereocenters. The van der Waals surface area contributed by atoms with Crippen LogP contribution in [0.4, 0.5) is 24.5 Å². The molecule has 1 aromatic heterocycles. The second kappa shape index (κ2) is 5.18. The molecule has 1 aliphatic rings. The Bertz CT molecular complexity index is 518. The van der Waals surface area contributed by atoms with Crippen LogP contribution in [0.25, 0.3) is 0 Å². The molecule has 0 spiro atoms. The van der Waals surface area contributed by atoms with Crippen molar-refractivity contribution in [2.45, 2.75) is 25.6 Å². The fourth-order valence-electron chi connectivity index (χ4n) is 2.27. The maximum atomic E-state index is 12.7. The predicted octanol–water partition coefficient (Wildman–Crippen LogP) is 1.40. The van der Waals surface area contributed by atoms with E-state index in [0.717, 1.165) is 12.3 Å². The minimum Gasteiger partial charge on any atom is -0.396 e. The smallest absolute Gasteiger partial charge is 0.396 e. The second-order valence-corrected chi connectivity index (χ2v) is 4.76. The molecule has 8 heteroatoms. The number of nitrogens with two attached hydrogens (primary N) is 1. The van der Waals surface area contributed by atoms with Crippen LogP contribution in [-0.4, -0.2) is 30.0 Å². The van der Waals surface area contributed by atoms with Gasteiger partial charge in [-0.25, -0.2) is 4.98 Å². The lowest BCUT2D eigenvalue weighted by Crippen LogP contribution is -2.35. The molecule has 20 heavy (non-hydrogen) atoms. The largest absolute Gasteiger partial charge is 0.433 e. The van der Waals surface area contributed by atoms with Crippen molar-refractivity contribution in [2.75, 3.05) is 23.7 Å². The molecule has 1 fully saturated rings. The minimum atomic E-state index is -4.50. The average molecular weight is 288 g/mol. The summed E-state index contributed by atoms with van der Waals surface area (Å²) >= 11 is 0. The summed E-state index contributed by atoms with van der Waals surface area (Å²) in [5.74, 6) is -0.157. The summed E-state index contributed by atoms with van der Waals surface area (Å²) in [6, 6.07) is 0.875. The Morgan fingerprint density at radius 3 is 2.85 bits per heavy atom. The summed E-state index contributed by atoms with van der Waals surface area (Å²) in [5, 5.41) is 2.75. The van der Waals surface area contributed by atoms with Crippen molar-refractivity contribution in [3.8, 4) is 0 Å². The van der Waals surface area contributed by atoms with Crippen LogP contribution in [0.5, 0.6) is 0 Å². The molecule has 1 unspecified atom stereocenters. The molecule has 0 saturated carbocycles. The van der Waals surface area contributed by atoms with E-state index in [1.807, 2.05) is 0 Å². The summed E-state index contributed by atoms with van der Waals surface area (Å²) in [4.78, 5) is 16.0. The Hall–Kier alpha value is -1.99. The summed E-state index contributed by atoms with van der Waals surface area (Å²) < 4.78 is 38.0. The van der Waals surface area contributed by atoms with Crippen LogP contribution in [-0.2, 0) is 11.0 Å². The maximum Gasteiger partial charge on any atom is 0.433 e. The van der Waals surface area contributed by atoms with E-state index >= 15 is 0 Å². The number of halogens is 3. The molecule has 110 valence electrons. The third-order valence-electron chi connectivity index (χ3n) is 3.14. The number of carbonyl (C=O) groups is 1. The fraction of sp³-hybridized carbons (Fsp3) is 0.500. The third-order valence-corrected chi connectivity index (χ3v) is 3.14. The SMILES string of the molecule is CC(=O)NC1CCN(c2cc(C(F)(F)F)ncc2N)C1. The van der Waals surface area contributed by atoms with Crippen LogP contribution in [0.3, 0.4) is 0 Å². The number of amides is 1. The van der Waals surface area contributed by atoms with Crippen molar-refractivity contribution in [2.24, 2.45) is 0 Å². The first-order valence-corrected chi connectivity index (χ1v) is 6.12. The highest BCUT2D eigenvalue weighted by atomic mass is 19.4. The average Bonchev–Trinajstić information content (AvgIpc) is 2.75. The molecule has 1 saturated heterocycles. The van der Waals surface area contributed by atoms with Crippen molar-refractivity contribution in [3.63, 3.8) is 0 Å². The van der Waals surface area contributed by atoms with Crippen molar-refractivity contribution in [1.29, 1.82) is 0 Å². The first kappa shape index (κ1) is 14.4. The van der Waals surface area contributed by atoms with Crippen molar-refractivity contribution in [3.05, 3.63) is 18.0 Å². The van der Waals surface area contributed by atoms with Gasteiger partial charge in [0.25, 0.3) is 0 Å². The Balaban J connectivity index is 2.19. The molecular formula is C12H15F3N4O. The molecule has 0 aromatic carbocycles. The number of pyridine rings is 1. The highest BCUT2D eigenvalue weighted by Crippen LogP contribution is 2.33. The lowest BCUT2D eigenvalue weighted by atomic mass is 10.2. The van der Waals surface area contributed by atoms with Crippen molar-refractivity contribution >= 4 is 17.3 Å². The first-order valence-electron chi connectivity index (χ1n) is 6.12. The maximum absolute atomic E-state index is 12.7. The Morgan fingerprint density at radius 2 is 2.25 bits per heavy atom. The number of nitrogens with one attached hydrogen (secondary N) is 1. The normalized spacial score (nSPS) is 19.2. The highest BCUT2D eigenvalue weighted by molar-refractivity contribution is 5.74. The van der Waals surface area contributed by atoms with Gasteiger partial charge in [-0.1, -0.05) is 0 Å². The molecule has 5 nitrogen and oxygen atoms in total. The van der Waals surface area contributed by atoms with Crippen LogP contribution in [0.2, 0.25) is 0 Å². The quantitative estimate of drug-likeness (QED) is 0.863. The number of nitrogen functional groups attached to an aromatic ring is 1. The molecule has 0 bridgehead atoms. The van der Waals surface area contributed by atoms with Gasteiger partial charge in [-0.05, 0) is 12.5 Å². The van der Waals surface area contributed by atoms with E-state index in [-0.39, 0.29) is 17.6 Å². The van der Waals surface area contributed by atoms with E-state index in [1.165, 1.54) is 6.92 Å². The molecule has 1 aromatic rings. The first-order chi connectivity index (χ1) is 9.27. The van der Waals surface area contributed by atoms with Gasteiger partial charge in [-0.3, -0.25) is 4.79 Å². The Morgan fingerprint density at radius 1 is 1.55 bits per heavy atom. The van der Waals surface area contributed by atoms with Crippen LogP contribution in [0.1, 0.15) is 19.0 Å². The fourth-order valence-corrected chi connectivity index (χ4v) is 2.27. The molecule has 0 radical (unpaired) electrons. The van der Waals surface area contributed by atoms with Crippen molar-refractivity contribution < 1.29 is 18.0 Å². The van der Waals surface area contributed by atoms with E-state index in [2.05, 4.69) is 10.3 Å². The van der Waals surface area contributed by atoms with Gasteiger partial charge in [0.15, 0.2) is 0 Å². The lowest BCUT2D eigenvalue weighted by Gasteiger charge is -2.21. The lowest BCUT2D eigenvalue weighted by molar-refractivity contribution is -0.141. The van der Waals surface area contributed by atoms with E-state index in [1.54, 1.807) is 4.90 Å². The molecule has 2 rings (SSSR count). The zero-order valence-electron chi connectivity index (χ0n) is 10.9. The summed E-state index contributed by atoms with van der Waals surface area (Å²) in [6.07, 6.45) is -2.81. The van der Waals surface area contributed by atoms with Gasteiger partial charge < -0.3 is 16.0 Å². The molecule has 0 aliphatic carbocycles. The molecule has 2 heterocycles. The van der Waals surface area contributed by atoms with Crippen LogP contribution >= 0.6 is 0 Å². The van der Waals surface area contributed by atoms with Crippen molar-refractivity contribution in [1.82, 2.24) is 10.3 Å². The topological polar surface area (TPSA) is 71.2 Å². The third kappa shape index (κ3) is 3.12. The Labute approximate surface area is 114 Å². The van der Waals surface area contributed by atoms with Crippen LogP contribution in [0, 0.1) is 0 Å². The van der Waals surface area contributed by atoms with E-state index < -0.39 is 11.9 Å². The zero-order valence-corrected chi connectivity index (χ0v) is 10.9. The van der Waals surface area contributed by atoms with Crippen LogP contribution in [0.15, 0.2) is 12.3 Å². The summed E-state index contributed by atoms with van der Waals surface area (Å²) in [6.45, 7) is 2.38. The number of nitrogens with zero attached hydrogens (tertiary/aromatic N) is 2. The molecule has 1 amide bonds. The summed E-state index contributed by atoms with van der Waals surface area (Å²) in [5.41, 5.74) is 5.23. The van der Waals surface area contributed by atoms with Gasteiger partial charge in [0.1, 0.15) is 5.69 Å². The number of anilines is 2. The number of alkyl halides is 3. The number of rotatable bonds is 2. The van der Waals surface area contributed by atoms with E-state index in [9.17, 15) is 18.0 Å². The standard InChI is InChI=1S/C12H15F3N4O/c1-7(20)18-8-2-3-19(6-8)10-4-11(12(13,14)15)17-5-9(10)16/h4-5,8H,2-3,6,16H2,1H3,(H,18,20). The number of carbonyl (C=O) groups excluding carboxylic acids is 1. The minimum absolute atomic E-state index is 0.0746. The summed E-state index contributed by atoms with van der Waals surface area (Å²) in [7, 11) is 0. The van der Waals surface area contributed by atoms with Gasteiger partial charge in [-0.2, -0.15) is 13.2 Å². The zero-order chi connectivity index (χ0) is 14.9. The van der Waals surface area contributed by atoms with Crippen LogP contribution < -0.4 is 16.0 Å². The predicted molar refractivity (Wildman–Crippen MR) is 68.1 cm³/mol. The number of hydrogen-bond acceptors (Lipinski definition) is 4. The van der Waals surface area contributed by atoms with Gasteiger partial charge in [-0.15, -0.1) is 0 Å². The molecule has 3 N–H and O–H groups in total. The molecule has 1 aliphatic heterocycles. The van der Waals surface area contributed by atoms with Gasteiger partial charge >= 0.3 is 6.18 Å². The number of hydrogen-bond donors (Lipinski definition) is 2. The van der Waals surface area contributed by atoms with E-state index in [0.29, 0.717) is 25.2 Å². The molecular weight excluding hydrogens is 273 g/mol. The van der Waals surface area contributed by atoms with Gasteiger partial charge in [0, 0.05) is 26.1 Å². The van der Waals surface area contributed by atoms with E-state index in [4.69, 9.17) is 5.73 Å². The number of aromatic nitrogens is 1. The monoisotopic (exact) mass is 288 g/mol. The van der Waals surface area contributed by atoms with Gasteiger partial charge in [0.2, 0.25) is 5.91 Å². The highest BCUT2D eigenvalue weighted by Gasteiger charge is 2.34. The van der Waals surface area contributed by atoms with Gasteiger partial charge in [0.05, 0.1) is 17.6 Å². The second-order valence-electron chi connectivity index (χ2n) is 4.76. The Kier molecular flexibility index (Phi) is 3.74.